The molecule has 0 radical (unpaired) electrons. The van der Waals surface area contributed by atoms with Crippen LogP contribution in [0.4, 0.5) is 0 Å². The highest BCUT2D eigenvalue weighted by Crippen LogP contribution is 2.15. The van der Waals surface area contributed by atoms with E-state index in [4.69, 9.17) is 0 Å². The number of imidazole rings is 1. The van der Waals surface area contributed by atoms with E-state index in [2.05, 4.69) is 32.5 Å². The molecule has 0 unspecified atom stereocenters. The van der Waals surface area contributed by atoms with Gasteiger partial charge in [-0.3, -0.25) is 4.79 Å². The minimum absolute atomic E-state index is 0.156. The number of nitrogens with one attached hydrogen (secondary N) is 1. The average Bonchev–Trinajstić information content (AvgIpc) is 3.04. The second-order valence-corrected chi connectivity index (χ2v) is 6.37. The van der Waals surface area contributed by atoms with Crippen molar-refractivity contribution in [3.63, 3.8) is 0 Å². The number of aryl methyl sites for hydroxylation is 3. The monoisotopic (exact) mass is 289 g/mol. The zero-order chi connectivity index (χ0) is 13.9. The van der Waals surface area contributed by atoms with E-state index in [-0.39, 0.29) is 11.9 Å². The lowest BCUT2D eigenvalue weighted by Crippen LogP contribution is -2.40. The van der Waals surface area contributed by atoms with Crippen LogP contribution in [0, 0.1) is 6.92 Å². The third kappa shape index (κ3) is 3.10. The van der Waals surface area contributed by atoms with Gasteiger partial charge >= 0.3 is 0 Å². The van der Waals surface area contributed by atoms with Crippen LogP contribution in [0.5, 0.6) is 0 Å². The summed E-state index contributed by atoms with van der Waals surface area (Å²) < 4.78 is 2.17. The minimum atomic E-state index is 0.156. The average molecular weight is 289 g/mol. The molecule has 3 heterocycles. The fourth-order valence-corrected chi connectivity index (χ4v) is 3.40. The normalized spacial score (nSPS) is 17.8. The van der Waals surface area contributed by atoms with Gasteiger partial charge in [-0.25, -0.2) is 4.98 Å². The number of aromatic nitrogens is 2. The summed E-state index contributed by atoms with van der Waals surface area (Å²) in [4.78, 5) is 17.8. The molecule has 1 aliphatic heterocycles. The predicted octanol–water partition coefficient (Wildman–Crippen LogP) is 2.32. The summed E-state index contributed by atoms with van der Waals surface area (Å²) in [5, 5.41) is 5.20. The molecule has 1 N–H and O–H groups in total. The predicted molar refractivity (Wildman–Crippen MR) is 79.9 cm³/mol. The summed E-state index contributed by atoms with van der Waals surface area (Å²) in [5.41, 5.74) is 1.06. The molecule has 4 nitrogen and oxygen atoms in total. The number of carbonyl (C=O) groups excluding carboxylic acids is 1. The van der Waals surface area contributed by atoms with Crippen LogP contribution >= 0.6 is 11.3 Å². The summed E-state index contributed by atoms with van der Waals surface area (Å²) in [6.07, 6.45) is 5.42. The van der Waals surface area contributed by atoms with Crippen molar-refractivity contribution in [1.29, 1.82) is 0 Å². The van der Waals surface area contributed by atoms with Gasteiger partial charge in [0.15, 0.2) is 0 Å². The molecule has 0 saturated carbocycles. The van der Waals surface area contributed by atoms with Crippen LogP contribution in [0.1, 0.15) is 29.2 Å². The van der Waals surface area contributed by atoms with Crippen molar-refractivity contribution in [1.82, 2.24) is 14.9 Å². The van der Waals surface area contributed by atoms with Crippen molar-refractivity contribution in [2.75, 3.05) is 0 Å². The fraction of sp³-hybridized carbons (Fsp3) is 0.467. The molecule has 0 fully saturated rings. The van der Waals surface area contributed by atoms with Crippen molar-refractivity contribution in [2.45, 2.75) is 45.2 Å². The number of rotatable bonds is 4. The third-order valence-electron chi connectivity index (χ3n) is 3.66. The maximum Gasteiger partial charge on any atom is 0.220 e. The number of hydrogen-bond donors (Lipinski definition) is 1. The molecule has 3 rings (SSSR count). The Morgan fingerprint density at radius 2 is 2.50 bits per heavy atom. The number of hydrogen-bond acceptors (Lipinski definition) is 3. The first kappa shape index (κ1) is 13.4. The van der Waals surface area contributed by atoms with Gasteiger partial charge in [0.2, 0.25) is 5.91 Å². The van der Waals surface area contributed by atoms with Gasteiger partial charge in [0.1, 0.15) is 5.82 Å². The second-order valence-electron chi connectivity index (χ2n) is 5.33. The molecule has 2 aromatic rings. The van der Waals surface area contributed by atoms with Crippen molar-refractivity contribution in [3.8, 4) is 0 Å². The Hall–Kier alpha value is -1.62. The van der Waals surface area contributed by atoms with Crippen molar-refractivity contribution in [3.05, 3.63) is 40.1 Å². The minimum Gasteiger partial charge on any atom is -0.352 e. The lowest BCUT2D eigenvalue weighted by atomic mass is 10.1. The van der Waals surface area contributed by atoms with Crippen molar-refractivity contribution >= 4 is 17.2 Å². The Kier molecular flexibility index (Phi) is 3.87. The van der Waals surface area contributed by atoms with Crippen LogP contribution in [0.3, 0.4) is 0 Å². The molecule has 0 aliphatic carbocycles. The zero-order valence-electron chi connectivity index (χ0n) is 11.6. The first-order valence-electron chi connectivity index (χ1n) is 7.05. The van der Waals surface area contributed by atoms with Gasteiger partial charge in [-0.05, 0) is 31.2 Å². The molecule has 20 heavy (non-hydrogen) atoms. The van der Waals surface area contributed by atoms with E-state index in [9.17, 15) is 4.79 Å². The summed E-state index contributed by atoms with van der Waals surface area (Å²) in [6, 6.07) is 4.35. The maximum atomic E-state index is 12.0. The summed E-state index contributed by atoms with van der Waals surface area (Å²) in [7, 11) is 0. The van der Waals surface area contributed by atoms with Crippen LogP contribution < -0.4 is 5.32 Å². The first-order chi connectivity index (χ1) is 9.70. The number of fused-ring (bicyclic) bond motifs is 1. The SMILES string of the molecule is Cc1cn2c(n1)CC[C@H](NC(=O)CCc1cccs1)C2. The van der Waals surface area contributed by atoms with Gasteiger partial charge in [-0.15, -0.1) is 11.3 Å². The summed E-state index contributed by atoms with van der Waals surface area (Å²) >= 11 is 1.71. The van der Waals surface area contributed by atoms with Crippen molar-refractivity contribution < 1.29 is 4.79 Å². The van der Waals surface area contributed by atoms with Gasteiger partial charge in [-0.2, -0.15) is 0 Å². The van der Waals surface area contributed by atoms with Crippen LogP contribution in [0.15, 0.2) is 23.7 Å². The highest BCUT2D eigenvalue weighted by molar-refractivity contribution is 7.09. The van der Waals surface area contributed by atoms with E-state index in [0.29, 0.717) is 6.42 Å². The van der Waals surface area contributed by atoms with Gasteiger partial charge in [0.25, 0.3) is 0 Å². The Bertz CT molecular complexity index is 588. The largest absolute Gasteiger partial charge is 0.352 e. The maximum absolute atomic E-state index is 12.0. The van der Waals surface area contributed by atoms with E-state index in [1.807, 2.05) is 13.0 Å². The van der Waals surface area contributed by atoms with E-state index in [1.165, 1.54) is 4.88 Å². The molecular weight excluding hydrogens is 270 g/mol. The van der Waals surface area contributed by atoms with E-state index in [0.717, 1.165) is 37.3 Å². The first-order valence-corrected chi connectivity index (χ1v) is 7.93. The highest BCUT2D eigenvalue weighted by Gasteiger charge is 2.20. The molecule has 1 atom stereocenters. The summed E-state index contributed by atoms with van der Waals surface area (Å²) in [5.74, 6) is 1.30. The standard InChI is InChI=1S/C15H19N3OS/c1-11-9-18-10-12(4-6-14(18)16-11)17-15(19)7-5-13-3-2-8-20-13/h2-3,8-9,12H,4-7,10H2,1H3,(H,17,19)/t12-/m0/s1. The number of nitrogens with zero attached hydrogens (tertiary/aromatic N) is 2. The number of amides is 1. The molecule has 0 spiro atoms. The van der Waals surface area contributed by atoms with E-state index >= 15 is 0 Å². The number of carbonyl (C=O) groups is 1. The lowest BCUT2D eigenvalue weighted by Gasteiger charge is -2.24. The van der Waals surface area contributed by atoms with Gasteiger partial charge in [0.05, 0.1) is 5.69 Å². The van der Waals surface area contributed by atoms with Gasteiger partial charge in [0, 0.05) is 36.5 Å². The van der Waals surface area contributed by atoms with Crippen molar-refractivity contribution in [2.24, 2.45) is 0 Å². The molecule has 5 heteroatoms. The molecule has 0 bridgehead atoms. The molecular formula is C15H19N3OS. The zero-order valence-corrected chi connectivity index (χ0v) is 12.4. The summed E-state index contributed by atoms with van der Waals surface area (Å²) in [6.45, 7) is 2.86. The molecule has 106 valence electrons. The molecule has 0 saturated heterocycles. The third-order valence-corrected chi connectivity index (χ3v) is 4.59. The van der Waals surface area contributed by atoms with E-state index < -0.39 is 0 Å². The lowest BCUT2D eigenvalue weighted by molar-refractivity contribution is -0.121. The molecule has 1 aliphatic rings. The topological polar surface area (TPSA) is 46.9 Å². The smallest absolute Gasteiger partial charge is 0.220 e. The van der Waals surface area contributed by atoms with Crippen LogP contribution in [-0.2, 0) is 24.2 Å². The van der Waals surface area contributed by atoms with Crippen LogP contribution in [0.25, 0.3) is 0 Å². The highest BCUT2D eigenvalue weighted by atomic mass is 32.1. The molecule has 1 amide bonds. The van der Waals surface area contributed by atoms with Crippen LogP contribution in [0.2, 0.25) is 0 Å². The van der Waals surface area contributed by atoms with Crippen LogP contribution in [-0.4, -0.2) is 21.5 Å². The Morgan fingerprint density at radius 3 is 3.30 bits per heavy atom. The van der Waals surface area contributed by atoms with Gasteiger partial charge in [-0.1, -0.05) is 6.07 Å². The Balaban J connectivity index is 1.50. The Morgan fingerprint density at radius 1 is 1.60 bits per heavy atom. The molecule has 2 aromatic heterocycles. The molecule has 0 aromatic carbocycles. The fourth-order valence-electron chi connectivity index (χ4n) is 2.70. The quantitative estimate of drug-likeness (QED) is 0.939. The number of thiophene rings is 1. The second kappa shape index (κ2) is 5.79. The Labute approximate surface area is 122 Å². The van der Waals surface area contributed by atoms with Gasteiger partial charge < -0.3 is 9.88 Å². The van der Waals surface area contributed by atoms with E-state index in [1.54, 1.807) is 11.3 Å².